The van der Waals surface area contributed by atoms with Gasteiger partial charge >= 0.3 is 0 Å². The number of nitrogens with two attached hydrogens (primary N) is 1. The highest BCUT2D eigenvalue weighted by molar-refractivity contribution is 5.29. The van der Waals surface area contributed by atoms with Gasteiger partial charge in [0.25, 0.3) is 0 Å². The molecule has 2 aromatic rings. The molecular weight excluding hydrogens is 212 g/mol. The van der Waals surface area contributed by atoms with Crippen LogP contribution >= 0.6 is 0 Å². The molecule has 0 aliphatic carbocycles. The molecule has 0 aliphatic heterocycles. The molecule has 4 heteroatoms. The van der Waals surface area contributed by atoms with Gasteiger partial charge in [0.15, 0.2) is 0 Å². The van der Waals surface area contributed by atoms with Crippen LogP contribution in [0.3, 0.4) is 0 Å². The van der Waals surface area contributed by atoms with E-state index >= 15 is 0 Å². The summed E-state index contributed by atoms with van der Waals surface area (Å²) in [4.78, 5) is 4.11. The van der Waals surface area contributed by atoms with E-state index in [2.05, 4.69) is 17.0 Å². The van der Waals surface area contributed by atoms with Crippen LogP contribution in [-0.2, 0) is 13.5 Å². The smallest absolute Gasteiger partial charge is 0.0644 e. The van der Waals surface area contributed by atoms with E-state index in [-0.39, 0.29) is 6.04 Å². The SMILES string of the molecule is Cc1nn(C)c(C)c1C(N)Cc1cccnc1. The highest BCUT2D eigenvalue weighted by Crippen LogP contribution is 2.22. The molecule has 4 nitrogen and oxygen atoms in total. The van der Waals surface area contributed by atoms with Crippen molar-refractivity contribution in [3.05, 3.63) is 47.0 Å². The van der Waals surface area contributed by atoms with Crippen LogP contribution < -0.4 is 5.73 Å². The summed E-state index contributed by atoms with van der Waals surface area (Å²) in [6.07, 6.45) is 4.43. The highest BCUT2D eigenvalue weighted by atomic mass is 15.3. The normalized spacial score (nSPS) is 12.7. The van der Waals surface area contributed by atoms with Gasteiger partial charge in [-0.15, -0.1) is 0 Å². The van der Waals surface area contributed by atoms with E-state index in [1.807, 2.05) is 37.0 Å². The summed E-state index contributed by atoms with van der Waals surface area (Å²) < 4.78 is 1.88. The van der Waals surface area contributed by atoms with Gasteiger partial charge in [-0.05, 0) is 31.9 Å². The second-order valence-electron chi connectivity index (χ2n) is 4.38. The van der Waals surface area contributed by atoms with Crippen LogP contribution in [0, 0.1) is 13.8 Å². The summed E-state index contributed by atoms with van der Waals surface area (Å²) in [6, 6.07) is 3.96. The lowest BCUT2D eigenvalue weighted by atomic mass is 9.99. The molecule has 0 saturated heterocycles. The standard InChI is InChI=1S/C13H18N4/c1-9-13(10(2)17(3)16-9)12(14)7-11-5-4-6-15-8-11/h4-6,8,12H,7,14H2,1-3H3. The van der Waals surface area contributed by atoms with Crippen molar-refractivity contribution in [2.45, 2.75) is 26.3 Å². The largest absolute Gasteiger partial charge is 0.324 e. The third-order valence-corrected chi connectivity index (χ3v) is 3.11. The van der Waals surface area contributed by atoms with Gasteiger partial charge < -0.3 is 5.73 Å². The highest BCUT2D eigenvalue weighted by Gasteiger charge is 2.16. The van der Waals surface area contributed by atoms with Crippen LogP contribution in [0.2, 0.25) is 0 Å². The van der Waals surface area contributed by atoms with Gasteiger partial charge in [0.05, 0.1) is 5.69 Å². The Labute approximate surface area is 101 Å². The zero-order valence-electron chi connectivity index (χ0n) is 10.5. The van der Waals surface area contributed by atoms with Crippen molar-refractivity contribution in [1.82, 2.24) is 14.8 Å². The molecule has 2 aromatic heterocycles. The molecule has 0 aromatic carbocycles. The molecule has 90 valence electrons. The minimum absolute atomic E-state index is 0.0205. The molecule has 0 aliphatic rings. The van der Waals surface area contributed by atoms with Crippen molar-refractivity contribution in [1.29, 1.82) is 0 Å². The molecule has 1 unspecified atom stereocenters. The average Bonchev–Trinajstić information content (AvgIpc) is 2.54. The zero-order chi connectivity index (χ0) is 12.4. The maximum atomic E-state index is 6.26. The minimum atomic E-state index is -0.0205. The Morgan fingerprint density at radius 3 is 2.71 bits per heavy atom. The molecule has 0 amide bonds. The minimum Gasteiger partial charge on any atom is -0.324 e. The van der Waals surface area contributed by atoms with Crippen molar-refractivity contribution in [2.75, 3.05) is 0 Å². The molecule has 2 heterocycles. The number of pyridine rings is 1. The lowest BCUT2D eigenvalue weighted by Crippen LogP contribution is -2.15. The number of aromatic nitrogens is 3. The second kappa shape index (κ2) is 4.67. The molecule has 17 heavy (non-hydrogen) atoms. The summed E-state index contributed by atoms with van der Waals surface area (Å²) in [7, 11) is 1.95. The average molecular weight is 230 g/mol. The van der Waals surface area contributed by atoms with Crippen LogP contribution in [0.5, 0.6) is 0 Å². The Kier molecular flexibility index (Phi) is 3.24. The molecule has 0 bridgehead atoms. The zero-order valence-corrected chi connectivity index (χ0v) is 10.5. The Morgan fingerprint density at radius 1 is 1.41 bits per heavy atom. The van der Waals surface area contributed by atoms with Gasteiger partial charge in [-0.3, -0.25) is 9.67 Å². The van der Waals surface area contributed by atoms with Gasteiger partial charge in [0.2, 0.25) is 0 Å². The third kappa shape index (κ3) is 2.36. The Balaban J connectivity index is 2.23. The van der Waals surface area contributed by atoms with Crippen molar-refractivity contribution in [3.8, 4) is 0 Å². The first-order chi connectivity index (χ1) is 8.09. The molecule has 2 N–H and O–H groups in total. The van der Waals surface area contributed by atoms with Crippen molar-refractivity contribution < 1.29 is 0 Å². The molecule has 0 saturated carbocycles. The van der Waals surface area contributed by atoms with Gasteiger partial charge in [0.1, 0.15) is 0 Å². The maximum absolute atomic E-state index is 6.26. The van der Waals surface area contributed by atoms with Crippen LogP contribution in [-0.4, -0.2) is 14.8 Å². The number of hydrogen-bond acceptors (Lipinski definition) is 3. The Hall–Kier alpha value is -1.68. The fourth-order valence-corrected chi connectivity index (χ4v) is 2.20. The predicted octanol–water partition coefficient (Wildman–Crippen LogP) is 1.67. The topological polar surface area (TPSA) is 56.7 Å². The van der Waals surface area contributed by atoms with Crippen LogP contribution in [0.25, 0.3) is 0 Å². The van der Waals surface area contributed by atoms with Gasteiger partial charge in [-0.25, -0.2) is 0 Å². The summed E-state index contributed by atoms with van der Waals surface area (Å²) in [5, 5.41) is 4.39. The number of aryl methyl sites for hydroxylation is 2. The predicted molar refractivity (Wildman–Crippen MR) is 67.6 cm³/mol. The molecular formula is C13H18N4. The van der Waals surface area contributed by atoms with E-state index in [0.29, 0.717) is 0 Å². The molecule has 1 atom stereocenters. The molecule has 0 radical (unpaired) electrons. The van der Waals surface area contributed by atoms with E-state index in [9.17, 15) is 0 Å². The molecule has 2 rings (SSSR count). The van der Waals surface area contributed by atoms with Crippen molar-refractivity contribution in [2.24, 2.45) is 12.8 Å². The first-order valence-electron chi connectivity index (χ1n) is 5.74. The summed E-state index contributed by atoms with van der Waals surface area (Å²) in [6.45, 7) is 4.06. The van der Waals surface area contributed by atoms with E-state index in [4.69, 9.17) is 5.73 Å². The quantitative estimate of drug-likeness (QED) is 0.872. The lowest BCUT2D eigenvalue weighted by Gasteiger charge is -2.12. The van der Waals surface area contributed by atoms with Crippen LogP contribution in [0.1, 0.15) is 28.6 Å². The fraction of sp³-hybridized carbons (Fsp3) is 0.385. The number of hydrogen-bond donors (Lipinski definition) is 1. The van der Waals surface area contributed by atoms with Crippen molar-refractivity contribution in [3.63, 3.8) is 0 Å². The van der Waals surface area contributed by atoms with E-state index < -0.39 is 0 Å². The van der Waals surface area contributed by atoms with Crippen LogP contribution in [0.4, 0.5) is 0 Å². The molecule has 0 fully saturated rings. The van der Waals surface area contributed by atoms with Crippen LogP contribution in [0.15, 0.2) is 24.5 Å². The fourth-order valence-electron chi connectivity index (χ4n) is 2.20. The third-order valence-electron chi connectivity index (χ3n) is 3.11. The summed E-state index contributed by atoms with van der Waals surface area (Å²) in [5.41, 5.74) is 10.7. The number of rotatable bonds is 3. The second-order valence-corrected chi connectivity index (χ2v) is 4.38. The van der Waals surface area contributed by atoms with E-state index in [1.54, 1.807) is 6.20 Å². The molecule has 0 spiro atoms. The Bertz CT molecular complexity index is 502. The van der Waals surface area contributed by atoms with E-state index in [1.165, 1.54) is 0 Å². The Morgan fingerprint density at radius 2 is 2.18 bits per heavy atom. The summed E-state index contributed by atoms with van der Waals surface area (Å²) >= 11 is 0. The monoisotopic (exact) mass is 230 g/mol. The van der Waals surface area contributed by atoms with Gasteiger partial charge in [-0.2, -0.15) is 5.10 Å². The van der Waals surface area contributed by atoms with Crippen molar-refractivity contribution >= 4 is 0 Å². The summed E-state index contributed by atoms with van der Waals surface area (Å²) in [5.74, 6) is 0. The van der Waals surface area contributed by atoms with E-state index in [0.717, 1.165) is 28.9 Å². The first-order valence-corrected chi connectivity index (χ1v) is 5.74. The maximum Gasteiger partial charge on any atom is 0.0644 e. The lowest BCUT2D eigenvalue weighted by molar-refractivity contribution is 0.699. The number of nitrogens with zero attached hydrogens (tertiary/aromatic N) is 3. The van der Waals surface area contributed by atoms with Gasteiger partial charge in [-0.1, -0.05) is 6.07 Å². The van der Waals surface area contributed by atoms with Gasteiger partial charge in [0, 0.05) is 36.7 Å². The first kappa shape index (κ1) is 11.8.